The summed E-state index contributed by atoms with van der Waals surface area (Å²) in [4.78, 5) is 25.5. The average Bonchev–Trinajstić information content (AvgIpc) is 3.22. The van der Waals surface area contributed by atoms with Crippen molar-refractivity contribution in [2.45, 2.75) is 18.9 Å². The predicted octanol–water partition coefficient (Wildman–Crippen LogP) is 3.54. The Morgan fingerprint density at radius 3 is 3.00 bits per heavy atom. The Morgan fingerprint density at radius 1 is 1.46 bits per heavy atom. The summed E-state index contributed by atoms with van der Waals surface area (Å²) in [5, 5.41) is 12.9. The van der Waals surface area contributed by atoms with E-state index in [-0.39, 0.29) is 30.0 Å². The molecule has 0 bridgehead atoms. The highest BCUT2D eigenvalue weighted by Gasteiger charge is 2.31. The number of carbonyl (C=O) groups is 1. The van der Waals surface area contributed by atoms with Crippen LogP contribution in [0, 0.1) is 15.9 Å². The van der Waals surface area contributed by atoms with Crippen LogP contribution in [0.15, 0.2) is 35.7 Å². The molecule has 0 saturated carbocycles. The second kappa shape index (κ2) is 6.96. The molecule has 24 heavy (non-hydrogen) atoms. The molecule has 126 valence electrons. The molecule has 0 radical (unpaired) electrons. The molecule has 0 aliphatic carbocycles. The van der Waals surface area contributed by atoms with Gasteiger partial charge < -0.3 is 9.64 Å². The SMILES string of the molecule is O=C(COc1cc(F)ccc1[N+](=O)[O-])N1CCCC1c1cccs1. The van der Waals surface area contributed by atoms with Crippen LogP contribution in [-0.2, 0) is 4.79 Å². The van der Waals surface area contributed by atoms with Gasteiger partial charge in [-0.2, -0.15) is 0 Å². The van der Waals surface area contributed by atoms with Crippen LogP contribution < -0.4 is 4.74 Å². The van der Waals surface area contributed by atoms with Crippen molar-refractivity contribution in [1.82, 2.24) is 4.90 Å². The van der Waals surface area contributed by atoms with Crippen molar-refractivity contribution in [3.63, 3.8) is 0 Å². The molecule has 1 amide bonds. The van der Waals surface area contributed by atoms with E-state index in [2.05, 4.69) is 0 Å². The van der Waals surface area contributed by atoms with Crippen LogP contribution in [0.1, 0.15) is 23.8 Å². The lowest BCUT2D eigenvalue weighted by atomic mass is 10.2. The van der Waals surface area contributed by atoms with E-state index >= 15 is 0 Å². The predicted molar refractivity (Wildman–Crippen MR) is 86.6 cm³/mol. The quantitative estimate of drug-likeness (QED) is 0.611. The first-order valence-electron chi connectivity index (χ1n) is 7.46. The summed E-state index contributed by atoms with van der Waals surface area (Å²) < 4.78 is 18.5. The summed E-state index contributed by atoms with van der Waals surface area (Å²) in [5.41, 5.74) is -0.361. The number of thiophene rings is 1. The zero-order chi connectivity index (χ0) is 17.1. The van der Waals surface area contributed by atoms with Gasteiger partial charge >= 0.3 is 5.69 Å². The van der Waals surface area contributed by atoms with E-state index < -0.39 is 10.7 Å². The van der Waals surface area contributed by atoms with Crippen LogP contribution >= 0.6 is 11.3 Å². The maximum atomic E-state index is 13.3. The van der Waals surface area contributed by atoms with E-state index in [1.807, 2.05) is 17.5 Å². The lowest BCUT2D eigenvalue weighted by molar-refractivity contribution is -0.385. The summed E-state index contributed by atoms with van der Waals surface area (Å²) >= 11 is 1.59. The number of nitrogens with zero attached hydrogens (tertiary/aromatic N) is 2. The molecule has 1 unspecified atom stereocenters. The number of benzene rings is 1. The van der Waals surface area contributed by atoms with Crippen molar-refractivity contribution in [3.8, 4) is 5.75 Å². The molecule has 2 heterocycles. The fourth-order valence-electron chi connectivity index (χ4n) is 2.82. The summed E-state index contributed by atoms with van der Waals surface area (Å²) in [5.74, 6) is -1.15. The third-order valence-corrected chi connectivity index (χ3v) is 4.89. The van der Waals surface area contributed by atoms with Crippen LogP contribution in [0.5, 0.6) is 5.75 Å². The minimum Gasteiger partial charge on any atom is -0.477 e. The number of nitro benzene ring substituents is 1. The molecule has 0 N–H and O–H groups in total. The zero-order valence-electron chi connectivity index (χ0n) is 12.7. The van der Waals surface area contributed by atoms with Crippen LogP contribution in [0.3, 0.4) is 0 Å². The van der Waals surface area contributed by atoms with Crippen molar-refractivity contribution in [2.24, 2.45) is 0 Å². The van der Waals surface area contributed by atoms with Crippen molar-refractivity contribution >= 4 is 22.9 Å². The maximum Gasteiger partial charge on any atom is 0.311 e. The normalized spacial score (nSPS) is 17.0. The van der Waals surface area contributed by atoms with Crippen molar-refractivity contribution in [1.29, 1.82) is 0 Å². The van der Waals surface area contributed by atoms with Gasteiger partial charge in [-0.3, -0.25) is 14.9 Å². The molecule has 1 aromatic carbocycles. The largest absolute Gasteiger partial charge is 0.477 e. The Hall–Kier alpha value is -2.48. The first-order chi connectivity index (χ1) is 11.6. The molecule has 1 aliphatic heterocycles. The number of carbonyl (C=O) groups excluding carboxylic acids is 1. The zero-order valence-corrected chi connectivity index (χ0v) is 13.5. The Morgan fingerprint density at radius 2 is 2.29 bits per heavy atom. The molecule has 1 fully saturated rings. The molecule has 2 aromatic rings. The summed E-state index contributed by atoms with van der Waals surface area (Å²) in [7, 11) is 0. The van der Waals surface area contributed by atoms with Crippen molar-refractivity contribution < 1.29 is 18.8 Å². The van der Waals surface area contributed by atoms with Crippen molar-refractivity contribution in [3.05, 3.63) is 56.5 Å². The third-order valence-electron chi connectivity index (χ3n) is 3.91. The number of hydrogen-bond acceptors (Lipinski definition) is 5. The number of ether oxygens (including phenoxy) is 1. The summed E-state index contributed by atoms with van der Waals surface area (Å²) in [6.45, 7) is 0.266. The number of rotatable bonds is 5. The Labute approximate surface area is 141 Å². The van der Waals surface area contributed by atoms with Crippen LogP contribution in [-0.4, -0.2) is 28.9 Å². The van der Waals surface area contributed by atoms with Gasteiger partial charge in [-0.25, -0.2) is 4.39 Å². The molecule has 8 heteroatoms. The summed E-state index contributed by atoms with van der Waals surface area (Å²) in [6, 6.07) is 6.88. The first kappa shape index (κ1) is 16.4. The maximum absolute atomic E-state index is 13.3. The van der Waals surface area contributed by atoms with E-state index in [9.17, 15) is 19.3 Å². The Balaban J connectivity index is 1.70. The first-order valence-corrected chi connectivity index (χ1v) is 8.34. The van der Waals surface area contributed by atoms with Crippen LogP contribution in [0.2, 0.25) is 0 Å². The lowest BCUT2D eigenvalue weighted by Gasteiger charge is -2.23. The topological polar surface area (TPSA) is 72.7 Å². The van der Waals surface area contributed by atoms with E-state index in [1.165, 1.54) is 0 Å². The number of nitro groups is 1. The second-order valence-corrected chi connectivity index (χ2v) is 6.40. The molecule has 1 aromatic heterocycles. The minimum absolute atomic E-state index is 0.0172. The molecule has 0 spiro atoms. The minimum atomic E-state index is -0.663. The van der Waals surface area contributed by atoms with E-state index in [1.54, 1.807) is 16.2 Å². The standard InChI is InChI=1S/C16H15FN2O4S/c17-11-5-6-12(19(21)22)14(9-11)23-10-16(20)18-7-1-3-13(18)15-4-2-8-24-15/h2,4-6,8-9,13H,1,3,7,10H2. The average molecular weight is 350 g/mol. The van der Waals surface area contributed by atoms with Gasteiger partial charge in [0.15, 0.2) is 6.61 Å². The van der Waals surface area contributed by atoms with Gasteiger partial charge in [0.1, 0.15) is 5.82 Å². The fraction of sp³-hybridized carbons (Fsp3) is 0.312. The highest BCUT2D eigenvalue weighted by atomic mass is 32.1. The fourth-order valence-corrected chi connectivity index (χ4v) is 3.69. The van der Waals surface area contributed by atoms with Gasteiger partial charge in [-0.05, 0) is 30.4 Å². The molecule has 6 nitrogen and oxygen atoms in total. The molecule has 3 rings (SSSR count). The molecule has 1 saturated heterocycles. The highest BCUT2D eigenvalue weighted by Crippen LogP contribution is 2.34. The third kappa shape index (κ3) is 3.38. The molecule has 1 aliphatic rings. The second-order valence-electron chi connectivity index (χ2n) is 5.42. The molecular formula is C16H15FN2O4S. The molecular weight excluding hydrogens is 335 g/mol. The van der Waals surface area contributed by atoms with Gasteiger partial charge in [-0.15, -0.1) is 11.3 Å². The highest BCUT2D eigenvalue weighted by molar-refractivity contribution is 7.10. The smallest absolute Gasteiger partial charge is 0.311 e. The van der Waals surface area contributed by atoms with Gasteiger partial charge in [0.2, 0.25) is 5.75 Å². The number of likely N-dealkylation sites (tertiary alicyclic amines) is 1. The van der Waals surface area contributed by atoms with Crippen LogP contribution in [0.25, 0.3) is 0 Å². The Bertz CT molecular complexity index is 751. The number of halogens is 1. The van der Waals surface area contributed by atoms with E-state index in [0.717, 1.165) is 35.9 Å². The number of hydrogen-bond donors (Lipinski definition) is 0. The van der Waals surface area contributed by atoms with Crippen molar-refractivity contribution in [2.75, 3.05) is 13.2 Å². The van der Waals surface area contributed by atoms with E-state index in [4.69, 9.17) is 4.74 Å². The monoisotopic (exact) mass is 350 g/mol. The van der Waals surface area contributed by atoms with Crippen LogP contribution in [0.4, 0.5) is 10.1 Å². The van der Waals surface area contributed by atoms with Gasteiger partial charge in [0.05, 0.1) is 11.0 Å². The lowest BCUT2D eigenvalue weighted by Crippen LogP contribution is -2.34. The van der Waals surface area contributed by atoms with Gasteiger partial charge in [0.25, 0.3) is 5.91 Å². The molecule has 1 atom stereocenters. The van der Waals surface area contributed by atoms with Gasteiger partial charge in [0, 0.05) is 23.6 Å². The summed E-state index contributed by atoms with van der Waals surface area (Å²) in [6.07, 6.45) is 1.78. The van der Waals surface area contributed by atoms with Gasteiger partial charge in [-0.1, -0.05) is 6.07 Å². The number of amides is 1. The van der Waals surface area contributed by atoms with E-state index in [0.29, 0.717) is 6.54 Å². The Kier molecular flexibility index (Phi) is 4.75.